The number of fused-ring (bicyclic) bond motifs is 1. The summed E-state index contributed by atoms with van der Waals surface area (Å²) in [4.78, 5) is 35.7. The highest BCUT2D eigenvalue weighted by molar-refractivity contribution is 6.05. The zero-order valence-electron chi connectivity index (χ0n) is 10.0. The summed E-state index contributed by atoms with van der Waals surface area (Å²) in [6.07, 6.45) is -1.88. The first-order valence-electron chi connectivity index (χ1n) is 6.00. The summed E-state index contributed by atoms with van der Waals surface area (Å²) < 4.78 is 13.4. The molecule has 19 heavy (non-hydrogen) atoms. The van der Waals surface area contributed by atoms with E-state index in [1.165, 1.54) is 0 Å². The molecule has 0 N–H and O–H groups in total. The summed E-state index contributed by atoms with van der Waals surface area (Å²) in [5.41, 5.74) is 1.18. The minimum atomic E-state index is -1.71. The molecule has 1 atom stereocenters. The van der Waals surface area contributed by atoms with Crippen LogP contribution in [0.5, 0.6) is 0 Å². The van der Waals surface area contributed by atoms with E-state index in [1.807, 2.05) is 0 Å². The number of carbonyl (C=O) groups is 3. The summed E-state index contributed by atoms with van der Waals surface area (Å²) in [7, 11) is 0. The van der Waals surface area contributed by atoms with Gasteiger partial charge in [0.2, 0.25) is 5.91 Å². The van der Waals surface area contributed by atoms with Gasteiger partial charge in [0.1, 0.15) is 0 Å². The highest BCUT2D eigenvalue weighted by Gasteiger charge is 2.43. The molecule has 0 saturated carbocycles. The molecule has 3 rings (SSSR count). The molecule has 2 heterocycles. The molecule has 0 bridgehead atoms. The van der Waals surface area contributed by atoms with Crippen LogP contribution in [-0.2, 0) is 16.1 Å². The summed E-state index contributed by atoms with van der Waals surface area (Å²) in [5.74, 6) is -1.91. The molecule has 1 unspecified atom stereocenters. The molecule has 2 aliphatic rings. The predicted octanol–water partition coefficient (Wildman–Crippen LogP) is 1.04. The Labute approximate surface area is 108 Å². The van der Waals surface area contributed by atoms with Crippen LogP contribution >= 0.6 is 0 Å². The maximum Gasteiger partial charge on any atom is 0.282 e. The van der Waals surface area contributed by atoms with Crippen molar-refractivity contribution in [3.63, 3.8) is 0 Å². The number of nitrogens with zero attached hydrogens (tertiary/aromatic N) is 2. The molecule has 1 fully saturated rings. The number of piperidine rings is 1. The van der Waals surface area contributed by atoms with E-state index in [9.17, 15) is 18.8 Å². The third-order valence-corrected chi connectivity index (χ3v) is 3.37. The molecule has 1 saturated heterocycles. The standard InChI is InChI=1S/C13H11FN2O3/c14-10-5-6-11(17)16(13(10)19)15-7-8-3-1-2-4-9(8)12(15)18/h1-4,10H,5-7H2. The second kappa shape index (κ2) is 4.15. The van der Waals surface area contributed by atoms with Crippen molar-refractivity contribution in [3.8, 4) is 0 Å². The van der Waals surface area contributed by atoms with E-state index in [-0.39, 0.29) is 19.4 Å². The van der Waals surface area contributed by atoms with Gasteiger partial charge in [-0.15, -0.1) is 0 Å². The first-order chi connectivity index (χ1) is 9.09. The number of hydrazine groups is 1. The average Bonchev–Trinajstić information content (AvgIpc) is 2.73. The Morgan fingerprint density at radius 3 is 2.63 bits per heavy atom. The highest BCUT2D eigenvalue weighted by atomic mass is 19.1. The Kier molecular flexibility index (Phi) is 2.58. The average molecular weight is 262 g/mol. The lowest BCUT2D eigenvalue weighted by Gasteiger charge is -2.33. The number of imide groups is 1. The third kappa shape index (κ3) is 1.71. The fourth-order valence-electron chi connectivity index (χ4n) is 2.39. The van der Waals surface area contributed by atoms with Crippen LogP contribution < -0.4 is 0 Å². The normalized spacial score (nSPS) is 23.0. The number of amides is 3. The van der Waals surface area contributed by atoms with Gasteiger partial charge in [0.05, 0.1) is 6.54 Å². The molecule has 0 aromatic heterocycles. The lowest BCUT2D eigenvalue weighted by molar-refractivity contribution is -0.168. The summed E-state index contributed by atoms with van der Waals surface area (Å²) in [5, 5.41) is 1.69. The van der Waals surface area contributed by atoms with Crippen molar-refractivity contribution in [2.75, 3.05) is 0 Å². The second-order valence-corrected chi connectivity index (χ2v) is 4.57. The molecule has 3 amide bonds. The number of rotatable bonds is 1. The van der Waals surface area contributed by atoms with Crippen LogP contribution in [0.2, 0.25) is 0 Å². The quantitative estimate of drug-likeness (QED) is 0.711. The van der Waals surface area contributed by atoms with Crippen LogP contribution in [0.25, 0.3) is 0 Å². The zero-order chi connectivity index (χ0) is 13.6. The van der Waals surface area contributed by atoms with Crippen molar-refractivity contribution in [2.24, 2.45) is 0 Å². The molecule has 5 nitrogen and oxygen atoms in total. The molecule has 0 radical (unpaired) electrons. The van der Waals surface area contributed by atoms with Gasteiger partial charge < -0.3 is 0 Å². The Balaban J connectivity index is 1.94. The van der Waals surface area contributed by atoms with Crippen LogP contribution in [0.3, 0.4) is 0 Å². The van der Waals surface area contributed by atoms with E-state index >= 15 is 0 Å². The molecule has 0 aliphatic carbocycles. The molecular weight excluding hydrogens is 251 g/mol. The molecule has 1 aromatic rings. The van der Waals surface area contributed by atoms with Gasteiger partial charge in [-0.3, -0.25) is 14.4 Å². The molecular formula is C13H11FN2O3. The number of halogens is 1. The highest BCUT2D eigenvalue weighted by Crippen LogP contribution is 2.27. The molecule has 2 aliphatic heterocycles. The third-order valence-electron chi connectivity index (χ3n) is 3.37. The van der Waals surface area contributed by atoms with Crippen molar-refractivity contribution < 1.29 is 18.8 Å². The number of carbonyl (C=O) groups excluding carboxylic acids is 3. The fourth-order valence-corrected chi connectivity index (χ4v) is 2.39. The molecule has 98 valence electrons. The van der Waals surface area contributed by atoms with Crippen molar-refractivity contribution >= 4 is 17.7 Å². The van der Waals surface area contributed by atoms with E-state index in [1.54, 1.807) is 24.3 Å². The summed E-state index contributed by atoms with van der Waals surface area (Å²) in [6.45, 7) is 0.124. The van der Waals surface area contributed by atoms with Gasteiger partial charge in [0.25, 0.3) is 11.8 Å². The van der Waals surface area contributed by atoms with Crippen molar-refractivity contribution in [1.82, 2.24) is 10.0 Å². The smallest absolute Gasteiger partial charge is 0.273 e. The van der Waals surface area contributed by atoms with Crippen LogP contribution in [0.4, 0.5) is 4.39 Å². The Bertz CT molecular complexity index is 587. The van der Waals surface area contributed by atoms with Gasteiger partial charge in [-0.2, -0.15) is 5.01 Å². The number of hydrogen-bond acceptors (Lipinski definition) is 3. The minimum Gasteiger partial charge on any atom is -0.273 e. The second-order valence-electron chi connectivity index (χ2n) is 4.57. The van der Waals surface area contributed by atoms with Gasteiger partial charge in [0, 0.05) is 12.0 Å². The van der Waals surface area contributed by atoms with E-state index in [2.05, 4.69) is 0 Å². The summed E-state index contributed by atoms with van der Waals surface area (Å²) in [6, 6.07) is 6.86. The SMILES string of the molecule is O=C1c2ccccc2CN1N1C(=O)CCC(F)C1=O. The lowest BCUT2D eigenvalue weighted by atomic mass is 10.1. The fraction of sp³-hybridized carbons (Fsp3) is 0.308. The van der Waals surface area contributed by atoms with Gasteiger partial charge in [-0.25, -0.2) is 9.40 Å². The first-order valence-corrected chi connectivity index (χ1v) is 6.00. The maximum absolute atomic E-state index is 13.4. The van der Waals surface area contributed by atoms with Crippen LogP contribution in [0, 0.1) is 0 Å². The number of alkyl halides is 1. The van der Waals surface area contributed by atoms with Crippen molar-refractivity contribution in [1.29, 1.82) is 0 Å². The van der Waals surface area contributed by atoms with Crippen molar-refractivity contribution in [2.45, 2.75) is 25.6 Å². The molecule has 1 aromatic carbocycles. The van der Waals surface area contributed by atoms with Gasteiger partial charge in [-0.1, -0.05) is 18.2 Å². The van der Waals surface area contributed by atoms with Crippen molar-refractivity contribution in [3.05, 3.63) is 35.4 Å². The van der Waals surface area contributed by atoms with E-state index in [0.717, 1.165) is 10.6 Å². The van der Waals surface area contributed by atoms with Gasteiger partial charge in [-0.05, 0) is 18.1 Å². The minimum absolute atomic E-state index is 0.0625. The Hall–Kier alpha value is -2.24. The number of benzene rings is 1. The predicted molar refractivity (Wildman–Crippen MR) is 62.3 cm³/mol. The zero-order valence-corrected chi connectivity index (χ0v) is 10.0. The first kappa shape index (κ1) is 11.8. The monoisotopic (exact) mass is 262 g/mol. The Morgan fingerprint density at radius 1 is 1.16 bits per heavy atom. The van der Waals surface area contributed by atoms with Gasteiger partial charge in [0.15, 0.2) is 6.17 Å². The molecule has 6 heteroatoms. The topological polar surface area (TPSA) is 57.7 Å². The van der Waals surface area contributed by atoms with Crippen LogP contribution in [-0.4, -0.2) is 33.9 Å². The van der Waals surface area contributed by atoms with Crippen LogP contribution in [0.1, 0.15) is 28.8 Å². The summed E-state index contributed by atoms with van der Waals surface area (Å²) >= 11 is 0. The van der Waals surface area contributed by atoms with E-state index in [4.69, 9.17) is 0 Å². The van der Waals surface area contributed by atoms with E-state index < -0.39 is 23.9 Å². The number of hydrogen-bond donors (Lipinski definition) is 0. The van der Waals surface area contributed by atoms with Gasteiger partial charge >= 0.3 is 0 Å². The lowest BCUT2D eigenvalue weighted by Crippen LogP contribution is -2.55. The molecule has 0 spiro atoms. The maximum atomic E-state index is 13.4. The van der Waals surface area contributed by atoms with E-state index in [0.29, 0.717) is 10.6 Å². The van der Waals surface area contributed by atoms with Crippen LogP contribution in [0.15, 0.2) is 24.3 Å². The largest absolute Gasteiger partial charge is 0.282 e. The Morgan fingerprint density at radius 2 is 1.89 bits per heavy atom.